The van der Waals surface area contributed by atoms with Crippen LogP contribution in [0.25, 0.3) is 54.9 Å². The first-order chi connectivity index (χ1) is 44.2. The minimum absolute atomic E-state index is 0.351. The van der Waals surface area contributed by atoms with Crippen LogP contribution in [-0.2, 0) is 10.8 Å². The topological polar surface area (TPSA) is 13.0 Å². The summed E-state index contributed by atoms with van der Waals surface area (Å²) in [5.74, 6) is 0. The fourth-order valence-electron chi connectivity index (χ4n) is 14.3. The fraction of sp³-hybridized carbons (Fsp3) is 0.0698. The van der Waals surface area contributed by atoms with Crippen molar-refractivity contribution in [2.75, 3.05) is 19.6 Å². The van der Waals surface area contributed by atoms with Crippen molar-refractivity contribution >= 4 is 89.8 Å². The van der Waals surface area contributed by atoms with Crippen molar-refractivity contribution in [2.24, 2.45) is 0 Å². The maximum Gasteiger partial charge on any atom is 0.0540 e. The molecule has 0 radical (unpaired) electrons. The van der Waals surface area contributed by atoms with Gasteiger partial charge in [0.1, 0.15) is 0 Å². The molecule has 0 aromatic heterocycles. The van der Waals surface area contributed by atoms with E-state index in [0.29, 0.717) is 0 Å². The van der Waals surface area contributed by atoms with E-state index in [4.69, 9.17) is 0 Å². The van der Waals surface area contributed by atoms with Gasteiger partial charge in [0, 0.05) is 55.7 Å². The highest BCUT2D eigenvalue weighted by atomic mass is 15.2. The Balaban J connectivity index is 0.762. The molecule has 2 aliphatic rings. The van der Waals surface area contributed by atoms with Gasteiger partial charge in [-0.15, -0.1) is 0 Å². The average molecular weight is 1160 g/mol. The van der Waals surface area contributed by atoms with E-state index in [0.717, 1.165) is 45.3 Å². The molecule has 0 saturated carbocycles. The number of nitrogens with zero attached hydrogens (tertiary/aromatic N) is 4. The predicted octanol–water partition coefficient (Wildman–Crippen LogP) is 24.2. The van der Waals surface area contributed by atoms with Crippen LogP contribution in [0.15, 0.2) is 328 Å². The van der Waals surface area contributed by atoms with Gasteiger partial charge in [-0.3, -0.25) is 0 Å². The smallest absolute Gasteiger partial charge is 0.0540 e. The molecule has 4 nitrogen and oxygen atoms in total. The second-order valence-corrected chi connectivity index (χ2v) is 25.0. The van der Waals surface area contributed by atoms with Gasteiger partial charge in [-0.05, 0) is 188 Å². The third-order valence-corrected chi connectivity index (χ3v) is 19.0. The SMILES string of the molecule is CC1(C)c2cc(-c3ccccc3)ccc2N(c2cccc3ccccc23)c2ccc(N(c3ccccc3)c3ccc(-c4ccc(N(c5ccccc5)c5ccc6c(c5)C(C)(C)c5cc(-c7ccccc7)ccc5N6c5cccc6ccccc56)cc4)cc3)cc21. The molecule has 0 saturated heterocycles. The van der Waals surface area contributed by atoms with Crippen LogP contribution in [-0.4, -0.2) is 0 Å². The van der Waals surface area contributed by atoms with Gasteiger partial charge in [0.2, 0.25) is 0 Å². The molecule has 430 valence electrons. The lowest BCUT2D eigenvalue weighted by molar-refractivity contribution is 0.632. The summed E-state index contributed by atoms with van der Waals surface area (Å²) in [5.41, 5.74) is 25.2. The van der Waals surface area contributed by atoms with Crippen molar-refractivity contribution in [3.8, 4) is 33.4 Å². The zero-order chi connectivity index (χ0) is 60.5. The summed E-state index contributed by atoms with van der Waals surface area (Å²) in [5, 5.41) is 4.87. The van der Waals surface area contributed by atoms with E-state index in [1.807, 2.05) is 0 Å². The van der Waals surface area contributed by atoms with E-state index in [1.165, 1.54) is 100 Å². The van der Waals surface area contributed by atoms with E-state index in [2.05, 4.69) is 375 Å². The van der Waals surface area contributed by atoms with Gasteiger partial charge in [-0.25, -0.2) is 0 Å². The summed E-state index contributed by atoms with van der Waals surface area (Å²) < 4.78 is 0. The van der Waals surface area contributed by atoms with E-state index < -0.39 is 0 Å². The number of anilines is 12. The largest absolute Gasteiger partial charge is 0.310 e. The summed E-state index contributed by atoms with van der Waals surface area (Å²) in [7, 11) is 0. The van der Waals surface area contributed by atoms with Gasteiger partial charge < -0.3 is 19.6 Å². The Morgan fingerprint density at radius 3 is 0.878 bits per heavy atom. The number of hydrogen-bond acceptors (Lipinski definition) is 4. The first kappa shape index (κ1) is 54.2. The van der Waals surface area contributed by atoms with E-state index in [-0.39, 0.29) is 10.8 Å². The molecule has 0 fully saturated rings. The zero-order valence-electron chi connectivity index (χ0n) is 51.0. The van der Waals surface area contributed by atoms with E-state index >= 15 is 0 Å². The lowest BCUT2D eigenvalue weighted by Gasteiger charge is -2.43. The molecule has 0 spiro atoms. The Bertz CT molecular complexity index is 4670. The van der Waals surface area contributed by atoms with Gasteiger partial charge in [0.25, 0.3) is 0 Å². The Morgan fingerprint density at radius 1 is 0.211 bits per heavy atom. The number of para-hydroxylation sites is 2. The van der Waals surface area contributed by atoms with Crippen molar-refractivity contribution < 1.29 is 0 Å². The molecule has 0 unspecified atom stereocenters. The Labute approximate surface area is 528 Å². The molecule has 4 heteroatoms. The van der Waals surface area contributed by atoms with E-state index in [9.17, 15) is 0 Å². The maximum atomic E-state index is 2.50. The number of rotatable bonds is 11. The summed E-state index contributed by atoms with van der Waals surface area (Å²) in [4.78, 5) is 9.80. The third-order valence-electron chi connectivity index (χ3n) is 19.0. The van der Waals surface area contributed by atoms with Crippen molar-refractivity contribution in [3.63, 3.8) is 0 Å². The van der Waals surface area contributed by atoms with Gasteiger partial charge in [0.05, 0.1) is 34.1 Å². The zero-order valence-corrected chi connectivity index (χ0v) is 51.0. The molecule has 0 bridgehead atoms. The minimum Gasteiger partial charge on any atom is -0.310 e. The highest BCUT2D eigenvalue weighted by Crippen LogP contribution is 2.57. The molecule has 14 aromatic rings. The van der Waals surface area contributed by atoms with Crippen molar-refractivity contribution in [1.29, 1.82) is 0 Å². The van der Waals surface area contributed by atoms with Gasteiger partial charge in [-0.2, -0.15) is 0 Å². The Kier molecular flexibility index (Phi) is 13.2. The van der Waals surface area contributed by atoms with Crippen LogP contribution in [0.1, 0.15) is 49.9 Å². The summed E-state index contributed by atoms with van der Waals surface area (Å²) >= 11 is 0. The van der Waals surface area contributed by atoms with Crippen LogP contribution in [0.3, 0.4) is 0 Å². The molecule has 14 aromatic carbocycles. The summed E-state index contributed by atoms with van der Waals surface area (Å²) in [6.07, 6.45) is 0. The Hall–Kier alpha value is -11.2. The van der Waals surface area contributed by atoms with E-state index in [1.54, 1.807) is 0 Å². The molecule has 16 rings (SSSR count). The van der Waals surface area contributed by atoms with Gasteiger partial charge in [0.15, 0.2) is 0 Å². The quantitative estimate of drug-likeness (QED) is 0.128. The lowest BCUT2D eigenvalue weighted by Crippen LogP contribution is -2.31. The van der Waals surface area contributed by atoms with Crippen molar-refractivity contribution in [2.45, 2.75) is 38.5 Å². The highest BCUT2D eigenvalue weighted by Gasteiger charge is 2.40. The minimum atomic E-state index is -0.351. The van der Waals surface area contributed by atoms with Crippen LogP contribution >= 0.6 is 0 Å². The van der Waals surface area contributed by atoms with Crippen LogP contribution in [0.4, 0.5) is 68.2 Å². The number of fused-ring (bicyclic) bond motifs is 6. The second kappa shape index (κ2) is 21.9. The second-order valence-electron chi connectivity index (χ2n) is 25.0. The van der Waals surface area contributed by atoms with Gasteiger partial charge in [-0.1, -0.05) is 234 Å². The fourth-order valence-corrected chi connectivity index (χ4v) is 14.3. The normalized spacial score (nSPS) is 13.5. The van der Waals surface area contributed by atoms with Crippen molar-refractivity contribution in [1.82, 2.24) is 0 Å². The molecule has 90 heavy (non-hydrogen) atoms. The Morgan fingerprint density at radius 2 is 0.489 bits per heavy atom. The maximum absolute atomic E-state index is 2.50. The third kappa shape index (κ3) is 9.22. The highest BCUT2D eigenvalue weighted by molar-refractivity contribution is 6.03. The number of benzene rings is 14. The molecule has 0 amide bonds. The standard InChI is InChI=1S/C86H66N4/c1-85(2)75-55-65(59-23-9-5-10-24-59)43-51-81(75)89(79-37-21-29-63-27-17-19-35-73(63)79)83-53-49-71(57-77(83)85)87(67-31-13-7-14-32-67)69-45-39-61(40-46-69)62-41-47-70(48-42-62)88(68-33-15-8-16-34-68)72-50-54-84-78(58-72)86(3,4)76-56-66(60-25-11-6-12-26-60)44-52-82(76)90(84)80-38-22-30-64-28-18-20-36-74(64)80/h5-58H,1-4H3. The van der Waals surface area contributed by atoms with Crippen molar-refractivity contribution in [3.05, 3.63) is 350 Å². The number of hydrogen-bond donors (Lipinski definition) is 0. The predicted molar refractivity (Wildman–Crippen MR) is 381 cm³/mol. The molecule has 0 aliphatic carbocycles. The first-order valence-electron chi connectivity index (χ1n) is 31.3. The van der Waals surface area contributed by atoms with Gasteiger partial charge >= 0.3 is 0 Å². The molecule has 0 atom stereocenters. The lowest BCUT2D eigenvalue weighted by atomic mass is 9.72. The summed E-state index contributed by atoms with van der Waals surface area (Å²) in [6.45, 7) is 9.57. The van der Waals surface area contributed by atoms with Crippen LogP contribution < -0.4 is 19.6 Å². The average Bonchev–Trinajstić information content (AvgIpc) is 0.753. The first-order valence-corrected chi connectivity index (χ1v) is 31.3. The van der Waals surface area contributed by atoms with Crippen LogP contribution in [0.5, 0.6) is 0 Å². The molecule has 0 N–H and O–H groups in total. The molecule has 2 heterocycles. The summed E-state index contributed by atoms with van der Waals surface area (Å²) in [6, 6.07) is 120. The molecular formula is C86H66N4. The monoisotopic (exact) mass is 1150 g/mol. The van der Waals surface area contributed by atoms with Crippen LogP contribution in [0, 0.1) is 0 Å². The molecule has 2 aliphatic heterocycles. The van der Waals surface area contributed by atoms with Crippen LogP contribution in [0.2, 0.25) is 0 Å². The molecular weight excluding hydrogens is 1090 g/mol.